The van der Waals surface area contributed by atoms with Gasteiger partial charge in [-0.3, -0.25) is 4.79 Å². The molecule has 0 saturated carbocycles. The fourth-order valence-electron chi connectivity index (χ4n) is 3.98. The minimum absolute atomic E-state index is 0.108. The highest BCUT2D eigenvalue weighted by Gasteiger charge is 2.24. The van der Waals surface area contributed by atoms with Crippen LogP contribution in [0.3, 0.4) is 0 Å². The third kappa shape index (κ3) is 4.11. The van der Waals surface area contributed by atoms with Crippen LogP contribution in [-0.4, -0.2) is 53.5 Å². The number of amides is 1. The molecule has 3 heterocycles. The first kappa shape index (κ1) is 17.9. The maximum atomic E-state index is 12.3. The fourth-order valence-corrected chi connectivity index (χ4v) is 3.98. The molecule has 6 heteroatoms. The van der Waals surface area contributed by atoms with Crippen LogP contribution in [0.4, 0.5) is 5.82 Å². The molecule has 0 bridgehead atoms. The van der Waals surface area contributed by atoms with Crippen LogP contribution in [0.5, 0.6) is 0 Å². The Morgan fingerprint density at radius 2 is 2.11 bits per heavy atom. The number of piperidine rings is 1. The molecule has 2 aliphatic rings. The van der Waals surface area contributed by atoms with Crippen molar-refractivity contribution in [3.05, 3.63) is 41.6 Å². The van der Waals surface area contributed by atoms with Gasteiger partial charge in [-0.15, -0.1) is 0 Å². The molecule has 27 heavy (non-hydrogen) atoms. The van der Waals surface area contributed by atoms with Crippen LogP contribution in [0, 0.1) is 5.92 Å². The Morgan fingerprint density at radius 3 is 2.93 bits per heavy atom. The van der Waals surface area contributed by atoms with Crippen molar-refractivity contribution in [2.45, 2.75) is 26.2 Å². The summed E-state index contributed by atoms with van der Waals surface area (Å²) in [6.07, 6.45) is 3.38. The average Bonchev–Trinajstić information content (AvgIpc) is 2.69. The summed E-state index contributed by atoms with van der Waals surface area (Å²) < 4.78 is 0. The molecule has 1 fully saturated rings. The number of carbonyl (C=O) groups excluding carboxylic acids is 1. The van der Waals surface area contributed by atoms with Crippen LogP contribution in [0.2, 0.25) is 0 Å². The van der Waals surface area contributed by atoms with Gasteiger partial charge in [-0.05, 0) is 31.7 Å². The van der Waals surface area contributed by atoms with E-state index in [9.17, 15) is 4.79 Å². The molecular weight excluding hydrogens is 338 g/mol. The van der Waals surface area contributed by atoms with Crippen molar-refractivity contribution in [2.75, 3.05) is 38.0 Å². The Kier molecular flexibility index (Phi) is 5.34. The lowest BCUT2D eigenvalue weighted by atomic mass is 10.0. The monoisotopic (exact) mass is 365 g/mol. The van der Waals surface area contributed by atoms with Crippen LogP contribution < -0.4 is 10.6 Å². The second kappa shape index (κ2) is 8.05. The van der Waals surface area contributed by atoms with E-state index in [-0.39, 0.29) is 5.91 Å². The quantitative estimate of drug-likeness (QED) is 0.852. The van der Waals surface area contributed by atoms with Gasteiger partial charge < -0.3 is 15.5 Å². The average molecular weight is 365 g/mol. The van der Waals surface area contributed by atoms with Crippen molar-refractivity contribution in [1.82, 2.24) is 20.2 Å². The van der Waals surface area contributed by atoms with Crippen molar-refractivity contribution < 1.29 is 4.79 Å². The predicted octanol–water partition coefficient (Wildman–Crippen LogP) is 2.57. The molecular formula is C21H27N5O. The molecule has 1 atom stereocenters. The molecule has 2 N–H and O–H groups in total. The van der Waals surface area contributed by atoms with Gasteiger partial charge in [0.25, 0.3) is 5.91 Å². The van der Waals surface area contributed by atoms with Crippen molar-refractivity contribution >= 4 is 11.7 Å². The van der Waals surface area contributed by atoms with E-state index in [1.54, 1.807) is 0 Å². The summed E-state index contributed by atoms with van der Waals surface area (Å²) in [7, 11) is 0. The van der Waals surface area contributed by atoms with Gasteiger partial charge in [0.1, 0.15) is 11.5 Å². The van der Waals surface area contributed by atoms with E-state index in [0.29, 0.717) is 18.1 Å². The summed E-state index contributed by atoms with van der Waals surface area (Å²) in [4.78, 5) is 24.2. The summed E-state index contributed by atoms with van der Waals surface area (Å²) in [5.41, 5.74) is 2.36. The summed E-state index contributed by atoms with van der Waals surface area (Å²) in [5, 5.41) is 6.38. The maximum Gasteiger partial charge on any atom is 0.270 e. The number of anilines is 1. The number of nitrogens with zero attached hydrogens (tertiary/aromatic N) is 3. The lowest BCUT2D eigenvalue weighted by Gasteiger charge is -2.31. The van der Waals surface area contributed by atoms with Crippen molar-refractivity contribution in [1.29, 1.82) is 0 Å². The third-order valence-electron chi connectivity index (χ3n) is 5.38. The topological polar surface area (TPSA) is 70.2 Å². The van der Waals surface area contributed by atoms with Gasteiger partial charge in [-0.2, -0.15) is 0 Å². The molecule has 1 aromatic heterocycles. The van der Waals surface area contributed by atoms with Gasteiger partial charge in [0.05, 0.1) is 0 Å². The van der Waals surface area contributed by atoms with Crippen molar-refractivity contribution in [2.24, 2.45) is 5.92 Å². The van der Waals surface area contributed by atoms with E-state index < -0.39 is 0 Å². The van der Waals surface area contributed by atoms with E-state index >= 15 is 0 Å². The molecule has 1 amide bonds. The first-order chi connectivity index (χ1) is 13.2. The Hall–Kier alpha value is -2.47. The normalized spacial score (nSPS) is 20.0. The minimum Gasteiger partial charge on any atom is -0.368 e. The molecule has 1 unspecified atom stereocenters. The summed E-state index contributed by atoms with van der Waals surface area (Å²) in [6.45, 7) is 7.12. The number of hydrogen-bond donors (Lipinski definition) is 2. The number of aromatic nitrogens is 2. The third-order valence-corrected chi connectivity index (χ3v) is 5.38. The van der Waals surface area contributed by atoms with Crippen LogP contribution >= 0.6 is 0 Å². The molecule has 0 radical (unpaired) electrons. The van der Waals surface area contributed by atoms with Gasteiger partial charge in [0.2, 0.25) is 0 Å². The number of nitrogens with one attached hydrogen (secondary N) is 2. The second-order valence-electron chi connectivity index (χ2n) is 7.57. The number of rotatable bonds is 5. The van der Waals surface area contributed by atoms with Crippen LogP contribution in [-0.2, 0) is 6.42 Å². The summed E-state index contributed by atoms with van der Waals surface area (Å²) in [5.74, 6) is 2.07. The second-order valence-corrected chi connectivity index (χ2v) is 7.57. The number of fused-ring (bicyclic) bond motifs is 1. The lowest BCUT2D eigenvalue weighted by molar-refractivity contribution is 0.0940. The highest BCUT2D eigenvalue weighted by molar-refractivity contribution is 5.96. The van der Waals surface area contributed by atoms with Gasteiger partial charge in [0, 0.05) is 37.3 Å². The highest BCUT2D eigenvalue weighted by atomic mass is 16.1. The Balaban J connectivity index is 1.55. The number of carbonyl (C=O) groups is 1. The Labute approximate surface area is 160 Å². The SMILES string of the molecule is CC1CCCN(CCNc2nc(-c3ccccc3)nc3c2CCNC3=O)C1. The van der Waals surface area contributed by atoms with Crippen molar-refractivity contribution in [3.8, 4) is 11.4 Å². The van der Waals surface area contributed by atoms with Crippen LogP contribution in [0.25, 0.3) is 11.4 Å². The van der Waals surface area contributed by atoms with E-state index in [1.165, 1.54) is 25.9 Å². The molecule has 2 aromatic rings. The lowest BCUT2D eigenvalue weighted by Crippen LogP contribution is -2.38. The van der Waals surface area contributed by atoms with E-state index in [2.05, 4.69) is 27.4 Å². The van der Waals surface area contributed by atoms with Gasteiger partial charge in [-0.25, -0.2) is 9.97 Å². The smallest absolute Gasteiger partial charge is 0.270 e. The zero-order valence-electron chi connectivity index (χ0n) is 15.9. The van der Waals surface area contributed by atoms with Gasteiger partial charge in [-0.1, -0.05) is 37.3 Å². The highest BCUT2D eigenvalue weighted by Crippen LogP contribution is 2.25. The maximum absolute atomic E-state index is 12.3. The summed E-state index contributed by atoms with van der Waals surface area (Å²) in [6, 6.07) is 9.84. The molecule has 1 aromatic carbocycles. The Morgan fingerprint density at radius 1 is 1.26 bits per heavy atom. The Bertz CT molecular complexity index is 808. The number of benzene rings is 1. The molecule has 6 nitrogen and oxygen atoms in total. The molecule has 2 aliphatic heterocycles. The van der Waals surface area contributed by atoms with E-state index in [1.807, 2.05) is 30.3 Å². The molecule has 0 spiro atoms. The molecule has 0 aliphatic carbocycles. The van der Waals surface area contributed by atoms with E-state index in [0.717, 1.165) is 42.4 Å². The van der Waals surface area contributed by atoms with Gasteiger partial charge in [0.15, 0.2) is 5.82 Å². The van der Waals surface area contributed by atoms with Crippen LogP contribution in [0.15, 0.2) is 30.3 Å². The molecule has 1 saturated heterocycles. The predicted molar refractivity (Wildman–Crippen MR) is 107 cm³/mol. The molecule has 4 rings (SSSR count). The zero-order valence-corrected chi connectivity index (χ0v) is 15.9. The fraction of sp³-hybridized carbons (Fsp3) is 0.476. The standard InChI is InChI=1S/C21H27N5O/c1-15-6-5-12-26(14-15)13-11-22-20-17-9-10-23-21(27)18(17)24-19(25-20)16-7-3-2-4-8-16/h2-4,7-8,15H,5-6,9-14H2,1H3,(H,23,27)(H,22,24,25). The minimum atomic E-state index is -0.108. The summed E-state index contributed by atoms with van der Waals surface area (Å²) >= 11 is 0. The molecule has 142 valence electrons. The van der Waals surface area contributed by atoms with E-state index in [4.69, 9.17) is 4.98 Å². The van der Waals surface area contributed by atoms with Crippen LogP contribution in [0.1, 0.15) is 35.8 Å². The largest absolute Gasteiger partial charge is 0.368 e. The number of likely N-dealkylation sites (tertiary alicyclic amines) is 1. The zero-order chi connectivity index (χ0) is 18.6. The first-order valence-electron chi connectivity index (χ1n) is 9.91. The first-order valence-corrected chi connectivity index (χ1v) is 9.91. The van der Waals surface area contributed by atoms with Crippen molar-refractivity contribution in [3.63, 3.8) is 0 Å². The van der Waals surface area contributed by atoms with Gasteiger partial charge >= 0.3 is 0 Å². The number of hydrogen-bond acceptors (Lipinski definition) is 5.